The molecule has 110 valence electrons. The summed E-state index contributed by atoms with van der Waals surface area (Å²) in [5, 5.41) is 15.5. The van der Waals surface area contributed by atoms with Gasteiger partial charge >= 0.3 is 0 Å². The van der Waals surface area contributed by atoms with Crippen molar-refractivity contribution in [3.63, 3.8) is 0 Å². The van der Waals surface area contributed by atoms with E-state index in [9.17, 15) is 10.1 Å². The van der Waals surface area contributed by atoms with Crippen LogP contribution in [0.3, 0.4) is 0 Å². The Morgan fingerprint density at radius 3 is 2.86 bits per heavy atom. The maximum Gasteiger partial charge on any atom is 0.270 e. The van der Waals surface area contributed by atoms with Gasteiger partial charge < -0.3 is 15.5 Å². The fourth-order valence-corrected chi connectivity index (χ4v) is 2.05. The van der Waals surface area contributed by atoms with Crippen molar-refractivity contribution in [2.75, 3.05) is 6.67 Å². The van der Waals surface area contributed by atoms with Crippen molar-refractivity contribution in [2.24, 2.45) is 0 Å². The Hall–Kier alpha value is -2.55. The first-order chi connectivity index (χ1) is 9.93. The number of rotatable bonds is 3. The van der Waals surface area contributed by atoms with Crippen LogP contribution in [0.2, 0.25) is 0 Å². The van der Waals surface area contributed by atoms with Gasteiger partial charge in [-0.2, -0.15) is 5.26 Å². The average Bonchev–Trinajstić information content (AvgIpc) is 2.45. The second kappa shape index (κ2) is 5.83. The summed E-state index contributed by atoms with van der Waals surface area (Å²) < 4.78 is 0. The maximum absolute atomic E-state index is 12.4. The lowest BCUT2D eigenvalue weighted by Gasteiger charge is -2.39. The summed E-state index contributed by atoms with van der Waals surface area (Å²) in [5.41, 5.74) is 0.760. The first-order valence-corrected chi connectivity index (χ1v) is 6.76. The predicted molar refractivity (Wildman–Crippen MR) is 78.3 cm³/mol. The zero-order valence-electron chi connectivity index (χ0n) is 12.5. The molecular weight excluding hydrogens is 266 g/mol. The molecule has 1 aromatic heterocycles. The molecule has 2 rings (SSSR count). The number of nitrogens with one attached hydrogen (secondary N) is 2. The van der Waals surface area contributed by atoms with Crippen LogP contribution in [0.5, 0.6) is 0 Å². The van der Waals surface area contributed by atoms with Gasteiger partial charge in [0.05, 0.1) is 6.67 Å². The van der Waals surface area contributed by atoms with Gasteiger partial charge in [-0.15, -0.1) is 0 Å². The Kier molecular flexibility index (Phi) is 4.13. The molecule has 0 bridgehead atoms. The molecular formula is C15H19N5O. The lowest BCUT2D eigenvalue weighted by molar-refractivity contribution is -0.132. The minimum Gasteiger partial charge on any atom is -0.366 e. The minimum atomic E-state index is -0.332. The van der Waals surface area contributed by atoms with E-state index in [1.54, 1.807) is 17.3 Å². The molecule has 0 aliphatic carbocycles. The molecule has 0 fully saturated rings. The molecule has 0 atom stereocenters. The van der Waals surface area contributed by atoms with Crippen LogP contribution in [0, 0.1) is 11.3 Å². The molecule has 0 saturated heterocycles. The highest BCUT2D eigenvalue weighted by Gasteiger charge is 2.33. The van der Waals surface area contributed by atoms with Gasteiger partial charge in [0.25, 0.3) is 5.91 Å². The highest BCUT2D eigenvalue weighted by Crippen LogP contribution is 2.19. The van der Waals surface area contributed by atoms with Crippen LogP contribution in [0.1, 0.15) is 26.3 Å². The van der Waals surface area contributed by atoms with Crippen LogP contribution in [-0.4, -0.2) is 28.0 Å². The number of carbonyl (C=O) groups excluding carboxylic acids is 1. The molecule has 0 unspecified atom stereocenters. The summed E-state index contributed by atoms with van der Waals surface area (Å²) in [6.45, 7) is 6.70. The molecule has 21 heavy (non-hydrogen) atoms. The number of aromatic nitrogens is 1. The molecule has 0 radical (unpaired) electrons. The van der Waals surface area contributed by atoms with Gasteiger partial charge in [0.2, 0.25) is 0 Å². The number of pyridine rings is 1. The lowest BCUT2D eigenvalue weighted by Crippen LogP contribution is -2.55. The molecule has 1 aromatic rings. The zero-order chi connectivity index (χ0) is 15.5. The first kappa shape index (κ1) is 14.9. The number of nitriles is 1. The van der Waals surface area contributed by atoms with Crippen molar-refractivity contribution in [2.45, 2.75) is 32.9 Å². The third-order valence-corrected chi connectivity index (χ3v) is 3.24. The van der Waals surface area contributed by atoms with Gasteiger partial charge in [-0.3, -0.25) is 9.78 Å². The summed E-state index contributed by atoms with van der Waals surface area (Å²) in [6.07, 6.45) is 3.44. The molecule has 1 amide bonds. The van der Waals surface area contributed by atoms with Crippen LogP contribution in [0.25, 0.3) is 0 Å². The van der Waals surface area contributed by atoms with E-state index in [2.05, 4.69) is 15.6 Å². The quantitative estimate of drug-likeness (QED) is 0.869. The van der Waals surface area contributed by atoms with Crippen LogP contribution < -0.4 is 10.6 Å². The molecule has 2 heterocycles. The highest BCUT2D eigenvalue weighted by molar-refractivity contribution is 5.99. The molecule has 6 heteroatoms. The van der Waals surface area contributed by atoms with Crippen molar-refractivity contribution in [3.05, 3.63) is 41.5 Å². The Bertz CT molecular complexity index is 595. The van der Waals surface area contributed by atoms with Crippen molar-refractivity contribution >= 4 is 5.91 Å². The highest BCUT2D eigenvalue weighted by atomic mass is 16.2. The molecule has 2 N–H and O–H groups in total. The number of carbonyl (C=O) groups is 1. The van der Waals surface area contributed by atoms with E-state index in [4.69, 9.17) is 0 Å². The van der Waals surface area contributed by atoms with E-state index in [0.717, 1.165) is 5.56 Å². The first-order valence-electron chi connectivity index (χ1n) is 6.76. The monoisotopic (exact) mass is 285 g/mol. The zero-order valence-corrected chi connectivity index (χ0v) is 12.5. The summed E-state index contributed by atoms with van der Waals surface area (Å²) in [4.78, 5) is 18.0. The Morgan fingerprint density at radius 1 is 1.52 bits per heavy atom. The minimum absolute atomic E-state index is 0.111. The molecule has 0 aromatic carbocycles. The lowest BCUT2D eigenvalue weighted by atomic mass is 10.0. The predicted octanol–water partition coefficient (Wildman–Crippen LogP) is 1.09. The van der Waals surface area contributed by atoms with Crippen molar-refractivity contribution in [1.29, 1.82) is 5.26 Å². The number of hydrogen-bond acceptors (Lipinski definition) is 5. The number of amides is 1. The van der Waals surface area contributed by atoms with Gasteiger partial charge in [0.1, 0.15) is 11.9 Å². The molecule has 0 saturated carbocycles. The van der Waals surface area contributed by atoms with Crippen molar-refractivity contribution < 1.29 is 4.79 Å². The van der Waals surface area contributed by atoms with Gasteiger partial charge in [0, 0.05) is 24.5 Å². The molecule has 0 spiro atoms. The largest absolute Gasteiger partial charge is 0.366 e. The van der Waals surface area contributed by atoms with Gasteiger partial charge in [-0.05, 0) is 32.4 Å². The molecule has 6 nitrogen and oxygen atoms in total. The number of hydrogen-bond donors (Lipinski definition) is 2. The van der Waals surface area contributed by atoms with Crippen molar-refractivity contribution in [1.82, 2.24) is 20.5 Å². The normalized spacial score (nSPS) is 15.5. The van der Waals surface area contributed by atoms with E-state index in [-0.39, 0.29) is 17.0 Å². The SMILES string of the molecule is CC(C)(C)N1CNC(NCc2cccnc2)=C(C#N)C1=O. The van der Waals surface area contributed by atoms with Crippen LogP contribution in [0.4, 0.5) is 0 Å². The molecule has 1 aliphatic rings. The summed E-state index contributed by atoms with van der Waals surface area (Å²) in [5.74, 6) is 0.226. The summed E-state index contributed by atoms with van der Waals surface area (Å²) in [7, 11) is 0. The van der Waals surface area contributed by atoms with Gasteiger partial charge in [-0.1, -0.05) is 6.07 Å². The van der Waals surface area contributed by atoms with E-state index < -0.39 is 0 Å². The van der Waals surface area contributed by atoms with E-state index in [1.807, 2.05) is 39.0 Å². The fourth-order valence-electron chi connectivity index (χ4n) is 2.05. The topological polar surface area (TPSA) is 81.0 Å². The van der Waals surface area contributed by atoms with Crippen LogP contribution in [-0.2, 0) is 11.3 Å². The third kappa shape index (κ3) is 3.31. The van der Waals surface area contributed by atoms with E-state index >= 15 is 0 Å². The third-order valence-electron chi connectivity index (χ3n) is 3.24. The van der Waals surface area contributed by atoms with Crippen molar-refractivity contribution in [3.8, 4) is 6.07 Å². The Morgan fingerprint density at radius 2 is 2.29 bits per heavy atom. The second-order valence-corrected chi connectivity index (χ2v) is 5.82. The fraction of sp³-hybridized carbons (Fsp3) is 0.400. The van der Waals surface area contributed by atoms with E-state index in [0.29, 0.717) is 19.0 Å². The van der Waals surface area contributed by atoms with Gasteiger partial charge in [0.15, 0.2) is 5.57 Å². The standard InChI is InChI=1S/C15H19N5O/c1-15(2,3)20-10-19-13(12(7-16)14(20)21)18-9-11-5-4-6-17-8-11/h4-6,8,18-19H,9-10H2,1-3H3. The number of nitrogens with zero attached hydrogens (tertiary/aromatic N) is 3. The summed E-state index contributed by atoms with van der Waals surface area (Å²) >= 11 is 0. The molecule has 1 aliphatic heterocycles. The van der Waals surface area contributed by atoms with Crippen LogP contribution in [0.15, 0.2) is 35.9 Å². The van der Waals surface area contributed by atoms with Crippen LogP contribution >= 0.6 is 0 Å². The van der Waals surface area contributed by atoms with Gasteiger partial charge in [-0.25, -0.2) is 0 Å². The van der Waals surface area contributed by atoms with E-state index in [1.165, 1.54) is 0 Å². The average molecular weight is 285 g/mol. The smallest absolute Gasteiger partial charge is 0.270 e. The Balaban J connectivity index is 2.15. The maximum atomic E-state index is 12.4. The second-order valence-electron chi connectivity index (χ2n) is 5.82. The Labute approximate surface area is 124 Å². The summed E-state index contributed by atoms with van der Waals surface area (Å²) in [6, 6.07) is 5.76.